The summed E-state index contributed by atoms with van der Waals surface area (Å²) in [6.45, 7) is 0. The summed E-state index contributed by atoms with van der Waals surface area (Å²) < 4.78 is 0. The summed E-state index contributed by atoms with van der Waals surface area (Å²) in [5.41, 5.74) is 6.85. The van der Waals surface area contributed by atoms with Gasteiger partial charge in [0, 0.05) is 6.20 Å². The quantitative estimate of drug-likeness (QED) is 0.681. The second kappa shape index (κ2) is 3.34. The predicted octanol–water partition coefficient (Wildman–Crippen LogP) is 1.29. The molecule has 0 radical (unpaired) electrons. The minimum absolute atomic E-state index is 0.149. The summed E-state index contributed by atoms with van der Waals surface area (Å²) in [5, 5.41) is 9.39. The fourth-order valence-corrected chi connectivity index (χ4v) is 2.02. The van der Waals surface area contributed by atoms with E-state index in [1.54, 1.807) is 6.20 Å². The van der Waals surface area contributed by atoms with Crippen LogP contribution in [0.15, 0.2) is 18.3 Å². The highest BCUT2D eigenvalue weighted by Crippen LogP contribution is 2.36. The van der Waals surface area contributed by atoms with Crippen LogP contribution in [0.25, 0.3) is 0 Å². The lowest BCUT2D eigenvalue weighted by Gasteiger charge is -2.10. The standard InChI is InChI=1S/C10H14N2O/c11-10-9(2-1-5-12-10)7-3-4-8(13)6-7/h1-2,5,7-8,13H,3-4,6H2,(H2,11,12). The van der Waals surface area contributed by atoms with Crippen LogP contribution < -0.4 is 5.73 Å². The van der Waals surface area contributed by atoms with Gasteiger partial charge in [0.25, 0.3) is 0 Å². The molecule has 1 heterocycles. The first-order chi connectivity index (χ1) is 6.27. The number of hydrogen-bond acceptors (Lipinski definition) is 3. The molecule has 13 heavy (non-hydrogen) atoms. The fraction of sp³-hybridized carbons (Fsp3) is 0.500. The molecule has 0 saturated heterocycles. The van der Waals surface area contributed by atoms with E-state index in [1.165, 1.54) is 0 Å². The average molecular weight is 178 g/mol. The highest BCUT2D eigenvalue weighted by molar-refractivity contribution is 5.41. The molecule has 0 aliphatic heterocycles. The number of aromatic nitrogens is 1. The Labute approximate surface area is 77.6 Å². The number of nitrogen functional groups attached to an aromatic ring is 1. The Hall–Kier alpha value is -1.09. The Balaban J connectivity index is 2.21. The number of nitrogens with two attached hydrogens (primary N) is 1. The predicted molar refractivity (Wildman–Crippen MR) is 51.2 cm³/mol. The van der Waals surface area contributed by atoms with Crippen molar-refractivity contribution in [3.63, 3.8) is 0 Å². The molecule has 1 aromatic heterocycles. The number of nitrogens with zero attached hydrogens (tertiary/aromatic N) is 1. The highest BCUT2D eigenvalue weighted by Gasteiger charge is 2.25. The van der Waals surface area contributed by atoms with Crippen LogP contribution in [0.3, 0.4) is 0 Å². The number of hydrogen-bond donors (Lipinski definition) is 2. The van der Waals surface area contributed by atoms with Crippen LogP contribution in [0.5, 0.6) is 0 Å². The summed E-state index contributed by atoms with van der Waals surface area (Å²) >= 11 is 0. The van der Waals surface area contributed by atoms with Gasteiger partial charge in [-0.15, -0.1) is 0 Å². The van der Waals surface area contributed by atoms with E-state index in [4.69, 9.17) is 5.73 Å². The van der Waals surface area contributed by atoms with Crippen LogP contribution in [-0.2, 0) is 0 Å². The Kier molecular flexibility index (Phi) is 2.19. The van der Waals surface area contributed by atoms with E-state index >= 15 is 0 Å². The first-order valence-electron chi connectivity index (χ1n) is 4.66. The molecule has 1 saturated carbocycles. The second-order valence-electron chi connectivity index (χ2n) is 3.64. The van der Waals surface area contributed by atoms with E-state index < -0.39 is 0 Å². The third kappa shape index (κ3) is 1.65. The maximum atomic E-state index is 9.39. The largest absolute Gasteiger partial charge is 0.393 e. The first-order valence-corrected chi connectivity index (χ1v) is 4.66. The van der Waals surface area contributed by atoms with Crippen molar-refractivity contribution in [3.05, 3.63) is 23.9 Å². The molecule has 2 unspecified atom stereocenters. The van der Waals surface area contributed by atoms with Crippen LogP contribution in [0.4, 0.5) is 5.82 Å². The average Bonchev–Trinajstić information content (AvgIpc) is 2.53. The van der Waals surface area contributed by atoms with Gasteiger partial charge in [-0.05, 0) is 36.8 Å². The van der Waals surface area contributed by atoms with Crippen molar-refractivity contribution >= 4 is 5.82 Å². The zero-order chi connectivity index (χ0) is 9.26. The minimum atomic E-state index is -0.149. The molecule has 0 aromatic carbocycles. The summed E-state index contributed by atoms with van der Waals surface area (Å²) in [4.78, 5) is 4.04. The molecule has 3 heteroatoms. The Morgan fingerprint density at radius 1 is 1.46 bits per heavy atom. The van der Waals surface area contributed by atoms with Gasteiger partial charge in [0.2, 0.25) is 0 Å². The van der Waals surface area contributed by atoms with Gasteiger partial charge in [-0.3, -0.25) is 0 Å². The van der Waals surface area contributed by atoms with Crippen LogP contribution in [0, 0.1) is 0 Å². The number of aliphatic hydroxyl groups is 1. The lowest BCUT2D eigenvalue weighted by atomic mass is 9.98. The number of anilines is 1. The van der Waals surface area contributed by atoms with Crippen molar-refractivity contribution in [1.29, 1.82) is 0 Å². The Morgan fingerprint density at radius 2 is 2.31 bits per heavy atom. The molecule has 0 bridgehead atoms. The Morgan fingerprint density at radius 3 is 2.92 bits per heavy atom. The molecule has 2 rings (SSSR count). The second-order valence-corrected chi connectivity index (χ2v) is 3.64. The van der Waals surface area contributed by atoms with E-state index in [9.17, 15) is 5.11 Å². The van der Waals surface area contributed by atoms with Crippen molar-refractivity contribution in [3.8, 4) is 0 Å². The summed E-state index contributed by atoms with van der Waals surface area (Å²) in [7, 11) is 0. The number of aliphatic hydroxyl groups excluding tert-OH is 1. The fourth-order valence-electron chi connectivity index (χ4n) is 2.02. The maximum absolute atomic E-state index is 9.39. The molecule has 1 fully saturated rings. The van der Waals surface area contributed by atoms with Gasteiger partial charge in [-0.25, -0.2) is 4.98 Å². The topological polar surface area (TPSA) is 59.1 Å². The number of pyridine rings is 1. The molecule has 0 spiro atoms. The van der Waals surface area contributed by atoms with Gasteiger partial charge in [-0.1, -0.05) is 6.07 Å². The van der Waals surface area contributed by atoms with Gasteiger partial charge in [-0.2, -0.15) is 0 Å². The van der Waals surface area contributed by atoms with Crippen molar-refractivity contribution in [1.82, 2.24) is 4.98 Å². The maximum Gasteiger partial charge on any atom is 0.126 e. The normalized spacial score (nSPS) is 27.8. The highest BCUT2D eigenvalue weighted by atomic mass is 16.3. The molecule has 3 N–H and O–H groups in total. The van der Waals surface area contributed by atoms with Gasteiger partial charge in [0.15, 0.2) is 0 Å². The van der Waals surface area contributed by atoms with Crippen LogP contribution in [0.1, 0.15) is 30.7 Å². The summed E-state index contributed by atoms with van der Waals surface area (Å²) in [6.07, 6.45) is 4.29. The Bertz CT molecular complexity index is 301. The van der Waals surface area contributed by atoms with Crippen LogP contribution in [0.2, 0.25) is 0 Å². The number of rotatable bonds is 1. The minimum Gasteiger partial charge on any atom is -0.393 e. The molecule has 2 atom stereocenters. The monoisotopic (exact) mass is 178 g/mol. The first kappa shape index (κ1) is 8.51. The molecule has 1 aromatic rings. The third-order valence-electron chi connectivity index (χ3n) is 2.72. The zero-order valence-electron chi connectivity index (χ0n) is 7.48. The lowest BCUT2D eigenvalue weighted by Crippen LogP contribution is -2.03. The lowest BCUT2D eigenvalue weighted by molar-refractivity contribution is 0.181. The van der Waals surface area contributed by atoms with E-state index in [0.29, 0.717) is 11.7 Å². The molecule has 1 aliphatic rings. The molecular weight excluding hydrogens is 164 g/mol. The zero-order valence-corrected chi connectivity index (χ0v) is 7.48. The third-order valence-corrected chi connectivity index (χ3v) is 2.72. The van der Waals surface area contributed by atoms with E-state index in [-0.39, 0.29) is 6.10 Å². The summed E-state index contributed by atoms with van der Waals surface area (Å²) in [5.74, 6) is 1.02. The van der Waals surface area contributed by atoms with Gasteiger partial charge >= 0.3 is 0 Å². The smallest absolute Gasteiger partial charge is 0.126 e. The van der Waals surface area contributed by atoms with Crippen molar-refractivity contribution in [2.24, 2.45) is 0 Å². The summed E-state index contributed by atoms with van der Waals surface area (Å²) in [6, 6.07) is 3.90. The molecule has 3 nitrogen and oxygen atoms in total. The molecule has 70 valence electrons. The molecule has 1 aliphatic carbocycles. The van der Waals surface area contributed by atoms with Gasteiger partial charge in [0.05, 0.1) is 6.10 Å². The van der Waals surface area contributed by atoms with Crippen molar-refractivity contribution < 1.29 is 5.11 Å². The molecule has 0 amide bonds. The van der Waals surface area contributed by atoms with E-state index in [1.807, 2.05) is 12.1 Å². The van der Waals surface area contributed by atoms with Crippen LogP contribution in [-0.4, -0.2) is 16.2 Å². The van der Waals surface area contributed by atoms with E-state index in [0.717, 1.165) is 24.8 Å². The van der Waals surface area contributed by atoms with E-state index in [2.05, 4.69) is 4.98 Å². The van der Waals surface area contributed by atoms with Gasteiger partial charge < -0.3 is 10.8 Å². The van der Waals surface area contributed by atoms with Crippen molar-refractivity contribution in [2.45, 2.75) is 31.3 Å². The SMILES string of the molecule is Nc1ncccc1C1CCC(O)C1. The van der Waals surface area contributed by atoms with Gasteiger partial charge in [0.1, 0.15) is 5.82 Å². The molecular formula is C10H14N2O. The van der Waals surface area contributed by atoms with Crippen molar-refractivity contribution in [2.75, 3.05) is 5.73 Å². The van der Waals surface area contributed by atoms with Crippen LogP contribution >= 0.6 is 0 Å².